The minimum Gasteiger partial charge on any atom is -0.462 e. The van der Waals surface area contributed by atoms with Crippen molar-refractivity contribution in [1.29, 1.82) is 0 Å². The maximum atomic E-state index is 11.9. The fourth-order valence-corrected chi connectivity index (χ4v) is 3.44. The SMILES string of the molecule is C=C(C)C(=O)OCCOC(=O)CCC(=O)OCC(COCCC[Si](C)(C)C)OC(=O)C(=C)C. The molecule has 0 N–H and O–H groups in total. The number of hydrogen-bond acceptors (Lipinski definition) is 9. The summed E-state index contributed by atoms with van der Waals surface area (Å²) < 4.78 is 25.7. The Kier molecular flexibility index (Phi) is 15.0. The first kappa shape index (κ1) is 30.5. The lowest BCUT2D eigenvalue weighted by atomic mass is 10.3. The lowest BCUT2D eigenvalue weighted by molar-refractivity contribution is -0.161. The molecule has 0 rings (SSSR count). The van der Waals surface area contributed by atoms with E-state index in [0.29, 0.717) is 6.61 Å². The van der Waals surface area contributed by atoms with Gasteiger partial charge in [-0.15, -0.1) is 0 Å². The van der Waals surface area contributed by atoms with Gasteiger partial charge in [0.05, 0.1) is 19.4 Å². The van der Waals surface area contributed by atoms with Gasteiger partial charge in [0.1, 0.15) is 19.8 Å². The van der Waals surface area contributed by atoms with E-state index in [1.165, 1.54) is 13.8 Å². The molecule has 0 aromatic rings. The van der Waals surface area contributed by atoms with E-state index in [9.17, 15) is 19.2 Å². The van der Waals surface area contributed by atoms with Crippen molar-refractivity contribution in [3.63, 3.8) is 0 Å². The van der Waals surface area contributed by atoms with Gasteiger partial charge in [-0.3, -0.25) is 9.59 Å². The second kappa shape index (κ2) is 16.2. The largest absolute Gasteiger partial charge is 0.462 e. The smallest absolute Gasteiger partial charge is 0.333 e. The monoisotopic (exact) mass is 486 g/mol. The standard InChI is InChI=1S/C23H38O9Si/c1-17(2)22(26)30-13-12-29-20(24)9-10-21(25)31-16-19(32-23(27)18(3)4)15-28-11-8-14-33(5,6)7/h19H,1,3,8-16H2,2,4-7H3. The third kappa shape index (κ3) is 17.7. The van der Waals surface area contributed by atoms with Gasteiger partial charge < -0.3 is 23.7 Å². The van der Waals surface area contributed by atoms with Crippen LogP contribution in [-0.4, -0.2) is 71.1 Å². The Balaban J connectivity index is 4.29. The highest BCUT2D eigenvalue weighted by Gasteiger charge is 2.19. The minimum absolute atomic E-state index is 0.0863. The van der Waals surface area contributed by atoms with Gasteiger partial charge in [-0.25, -0.2) is 9.59 Å². The summed E-state index contributed by atoms with van der Waals surface area (Å²) in [7, 11) is -1.15. The molecule has 0 bridgehead atoms. The molecule has 0 aliphatic rings. The molecule has 0 spiro atoms. The summed E-state index contributed by atoms with van der Waals surface area (Å²) >= 11 is 0. The van der Waals surface area contributed by atoms with Crippen LogP contribution in [0.1, 0.15) is 33.1 Å². The van der Waals surface area contributed by atoms with Crippen molar-refractivity contribution in [1.82, 2.24) is 0 Å². The summed E-state index contributed by atoms with van der Waals surface area (Å²) in [6.07, 6.45) is -0.273. The highest BCUT2D eigenvalue weighted by Crippen LogP contribution is 2.11. The predicted molar refractivity (Wildman–Crippen MR) is 125 cm³/mol. The highest BCUT2D eigenvalue weighted by atomic mass is 28.3. The van der Waals surface area contributed by atoms with Gasteiger partial charge in [-0.1, -0.05) is 38.8 Å². The predicted octanol–water partition coefficient (Wildman–Crippen LogP) is 3.21. The fraction of sp³-hybridized carbons (Fsp3) is 0.652. The van der Waals surface area contributed by atoms with Crippen LogP contribution in [0.2, 0.25) is 25.7 Å². The average molecular weight is 487 g/mol. The minimum atomic E-state index is -1.15. The van der Waals surface area contributed by atoms with Gasteiger partial charge in [-0.2, -0.15) is 0 Å². The summed E-state index contributed by atoms with van der Waals surface area (Å²) in [5.74, 6) is -2.45. The van der Waals surface area contributed by atoms with E-state index < -0.39 is 38.1 Å². The van der Waals surface area contributed by atoms with Gasteiger partial charge in [0.25, 0.3) is 0 Å². The molecular formula is C23H38O9Si. The number of carbonyl (C=O) groups excluding carboxylic acids is 4. The zero-order chi connectivity index (χ0) is 25.4. The second-order valence-corrected chi connectivity index (χ2v) is 14.5. The molecule has 10 heteroatoms. The van der Waals surface area contributed by atoms with Crippen LogP contribution < -0.4 is 0 Å². The molecule has 0 saturated carbocycles. The Morgan fingerprint density at radius 1 is 0.758 bits per heavy atom. The van der Waals surface area contributed by atoms with Crippen molar-refractivity contribution in [2.75, 3.05) is 33.0 Å². The first-order chi connectivity index (χ1) is 15.3. The van der Waals surface area contributed by atoms with Gasteiger partial charge in [0.15, 0.2) is 6.10 Å². The lowest BCUT2D eigenvalue weighted by Gasteiger charge is -2.19. The van der Waals surface area contributed by atoms with Crippen molar-refractivity contribution in [2.45, 2.75) is 64.9 Å². The molecule has 0 heterocycles. The van der Waals surface area contributed by atoms with Crippen molar-refractivity contribution in [3.8, 4) is 0 Å². The van der Waals surface area contributed by atoms with E-state index >= 15 is 0 Å². The van der Waals surface area contributed by atoms with Crippen LogP contribution in [0.3, 0.4) is 0 Å². The topological polar surface area (TPSA) is 114 Å². The molecule has 0 amide bonds. The first-order valence-electron chi connectivity index (χ1n) is 10.9. The van der Waals surface area contributed by atoms with Gasteiger partial charge >= 0.3 is 23.9 Å². The van der Waals surface area contributed by atoms with Crippen LogP contribution in [0.15, 0.2) is 24.3 Å². The van der Waals surface area contributed by atoms with Crippen LogP contribution >= 0.6 is 0 Å². The number of ether oxygens (including phenoxy) is 5. The molecule has 0 saturated heterocycles. The molecular weight excluding hydrogens is 448 g/mol. The van der Waals surface area contributed by atoms with E-state index in [-0.39, 0.29) is 50.4 Å². The molecule has 0 aromatic heterocycles. The second-order valence-electron chi connectivity index (χ2n) is 8.87. The maximum absolute atomic E-state index is 11.9. The van der Waals surface area contributed by atoms with Crippen LogP contribution in [0.5, 0.6) is 0 Å². The summed E-state index contributed by atoms with van der Waals surface area (Å²) in [6, 6.07) is 1.12. The zero-order valence-corrected chi connectivity index (χ0v) is 21.5. The third-order valence-corrected chi connectivity index (χ3v) is 5.89. The third-order valence-electron chi connectivity index (χ3n) is 4.03. The summed E-state index contributed by atoms with van der Waals surface area (Å²) in [4.78, 5) is 46.7. The van der Waals surface area contributed by atoms with Gasteiger partial charge in [0.2, 0.25) is 0 Å². The molecule has 33 heavy (non-hydrogen) atoms. The molecule has 188 valence electrons. The molecule has 0 radical (unpaired) electrons. The quantitative estimate of drug-likeness (QED) is 0.100. The summed E-state index contributed by atoms with van der Waals surface area (Å²) in [5.41, 5.74) is 0.468. The van der Waals surface area contributed by atoms with E-state index in [4.69, 9.17) is 23.7 Å². The summed E-state index contributed by atoms with van der Waals surface area (Å²) in [6.45, 7) is 17.0. The number of hydrogen-bond donors (Lipinski definition) is 0. The van der Waals surface area contributed by atoms with Crippen LogP contribution in [0.4, 0.5) is 0 Å². The molecule has 0 fully saturated rings. The number of esters is 4. The van der Waals surface area contributed by atoms with Crippen LogP contribution in [0.25, 0.3) is 0 Å². The fourth-order valence-electron chi connectivity index (χ4n) is 2.23. The molecule has 9 nitrogen and oxygen atoms in total. The molecule has 1 atom stereocenters. The molecule has 1 unspecified atom stereocenters. The Morgan fingerprint density at radius 2 is 1.30 bits per heavy atom. The van der Waals surface area contributed by atoms with Crippen molar-refractivity contribution in [3.05, 3.63) is 24.3 Å². The zero-order valence-electron chi connectivity index (χ0n) is 20.5. The van der Waals surface area contributed by atoms with E-state index in [2.05, 4.69) is 32.8 Å². The van der Waals surface area contributed by atoms with E-state index in [1.54, 1.807) is 0 Å². The average Bonchev–Trinajstić information content (AvgIpc) is 2.71. The number of rotatable bonds is 17. The van der Waals surface area contributed by atoms with Crippen LogP contribution in [-0.2, 0) is 42.9 Å². The Hall–Kier alpha value is -2.46. The Morgan fingerprint density at radius 3 is 1.85 bits per heavy atom. The van der Waals surface area contributed by atoms with Crippen molar-refractivity contribution < 1.29 is 42.9 Å². The van der Waals surface area contributed by atoms with Crippen molar-refractivity contribution >= 4 is 32.0 Å². The van der Waals surface area contributed by atoms with Crippen LogP contribution in [0, 0.1) is 0 Å². The van der Waals surface area contributed by atoms with E-state index in [1.807, 2.05) is 0 Å². The molecule has 0 aliphatic heterocycles. The van der Waals surface area contributed by atoms with E-state index in [0.717, 1.165) is 12.5 Å². The van der Waals surface area contributed by atoms with Crippen molar-refractivity contribution in [2.24, 2.45) is 0 Å². The highest BCUT2D eigenvalue weighted by molar-refractivity contribution is 6.76. The summed E-state index contributed by atoms with van der Waals surface area (Å²) in [5, 5.41) is 0. The Bertz CT molecular complexity index is 695. The molecule has 0 aromatic carbocycles. The lowest BCUT2D eigenvalue weighted by Crippen LogP contribution is -2.30. The maximum Gasteiger partial charge on any atom is 0.333 e. The Labute approximate surface area is 197 Å². The molecule has 0 aliphatic carbocycles. The normalized spacial score (nSPS) is 11.8. The first-order valence-corrected chi connectivity index (χ1v) is 14.6. The number of carbonyl (C=O) groups is 4. The van der Waals surface area contributed by atoms with Gasteiger partial charge in [0, 0.05) is 25.8 Å². The van der Waals surface area contributed by atoms with Gasteiger partial charge in [-0.05, 0) is 20.3 Å².